The third-order valence-corrected chi connectivity index (χ3v) is 1.37. The Labute approximate surface area is 62.2 Å². The van der Waals surface area contributed by atoms with Crippen LogP contribution in [0.4, 0.5) is 0 Å². The minimum atomic E-state index is -0.448. The van der Waals surface area contributed by atoms with Gasteiger partial charge in [-0.2, -0.15) is 0 Å². The zero-order chi connectivity index (χ0) is 8.43. The molecule has 0 atom stereocenters. The summed E-state index contributed by atoms with van der Waals surface area (Å²) in [6.45, 7) is 0. The van der Waals surface area contributed by atoms with E-state index < -0.39 is 11.2 Å². The number of hydrogen-bond acceptors (Lipinski definition) is 3. The van der Waals surface area contributed by atoms with Gasteiger partial charge in [0.2, 0.25) is 5.75 Å². The zero-order valence-corrected chi connectivity index (χ0v) is 6.25. The van der Waals surface area contributed by atoms with Gasteiger partial charge in [-0.15, -0.1) is 0 Å². The Bertz CT molecular complexity index is 363. The number of ether oxygens (including phenoxy) is 1. The van der Waals surface area contributed by atoms with E-state index in [2.05, 4.69) is 9.72 Å². The number of H-pyrrole nitrogens is 1. The van der Waals surface area contributed by atoms with E-state index in [1.807, 2.05) is 0 Å². The van der Waals surface area contributed by atoms with Gasteiger partial charge in [-0.3, -0.25) is 9.36 Å². The van der Waals surface area contributed by atoms with Gasteiger partial charge in [0.25, 0.3) is 5.56 Å². The molecule has 1 aromatic rings. The van der Waals surface area contributed by atoms with E-state index in [-0.39, 0.29) is 5.75 Å². The maximum atomic E-state index is 11.0. The Morgan fingerprint density at radius 2 is 2.18 bits per heavy atom. The van der Waals surface area contributed by atoms with Crippen LogP contribution in [0.1, 0.15) is 0 Å². The number of hydrogen-bond donors (Lipinski definition) is 1. The van der Waals surface area contributed by atoms with Gasteiger partial charge in [0.05, 0.1) is 13.3 Å². The van der Waals surface area contributed by atoms with Gasteiger partial charge in [-0.05, 0) is 0 Å². The third kappa shape index (κ3) is 1.17. The van der Waals surface area contributed by atoms with Gasteiger partial charge in [-0.25, -0.2) is 4.79 Å². The fraction of sp³-hybridized carbons (Fsp3) is 0.333. The topological polar surface area (TPSA) is 64.1 Å². The molecule has 5 nitrogen and oxygen atoms in total. The molecule has 5 heteroatoms. The van der Waals surface area contributed by atoms with Crippen LogP contribution in [0, 0.1) is 0 Å². The van der Waals surface area contributed by atoms with Crippen LogP contribution >= 0.6 is 0 Å². The molecule has 0 radical (unpaired) electrons. The molecule has 0 saturated carbocycles. The van der Waals surface area contributed by atoms with Gasteiger partial charge in [0.15, 0.2) is 0 Å². The van der Waals surface area contributed by atoms with Crippen molar-refractivity contribution in [3.05, 3.63) is 27.0 Å². The predicted molar refractivity (Wildman–Crippen MR) is 38.9 cm³/mol. The molecule has 0 aromatic carbocycles. The van der Waals surface area contributed by atoms with Gasteiger partial charge in [0.1, 0.15) is 0 Å². The Hall–Kier alpha value is -1.52. The summed E-state index contributed by atoms with van der Waals surface area (Å²) in [5.41, 5.74) is -0.882. The van der Waals surface area contributed by atoms with Crippen LogP contribution in [-0.2, 0) is 7.05 Å². The van der Waals surface area contributed by atoms with Crippen molar-refractivity contribution in [3.8, 4) is 5.75 Å². The summed E-state index contributed by atoms with van der Waals surface area (Å²) in [5, 5.41) is 0. The highest BCUT2D eigenvalue weighted by molar-refractivity contribution is 5.11. The summed E-state index contributed by atoms with van der Waals surface area (Å²) in [5.74, 6) is 0.132. The molecule has 0 spiro atoms. The van der Waals surface area contributed by atoms with Crippen molar-refractivity contribution in [2.75, 3.05) is 7.11 Å². The number of rotatable bonds is 1. The van der Waals surface area contributed by atoms with Crippen LogP contribution in [0.25, 0.3) is 0 Å². The number of aromatic nitrogens is 2. The first kappa shape index (κ1) is 7.59. The summed E-state index contributed by atoms with van der Waals surface area (Å²) in [7, 11) is 2.75. The van der Waals surface area contributed by atoms with E-state index in [1.165, 1.54) is 20.4 Å². The molecule has 11 heavy (non-hydrogen) atoms. The van der Waals surface area contributed by atoms with Crippen molar-refractivity contribution in [1.82, 2.24) is 9.55 Å². The summed E-state index contributed by atoms with van der Waals surface area (Å²) >= 11 is 0. The Balaban J connectivity index is 3.50. The molecule has 1 N–H and O–H groups in total. The van der Waals surface area contributed by atoms with E-state index in [4.69, 9.17) is 0 Å². The number of nitrogens with one attached hydrogen (secondary N) is 1. The minimum Gasteiger partial charge on any atom is -0.490 e. The predicted octanol–water partition coefficient (Wildman–Crippen LogP) is -0.918. The van der Waals surface area contributed by atoms with E-state index >= 15 is 0 Å². The minimum absolute atomic E-state index is 0.132. The Kier molecular flexibility index (Phi) is 1.80. The fourth-order valence-electron chi connectivity index (χ4n) is 0.690. The highest BCUT2D eigenvalue weighted by Gasteiger charge is 2.01. The molecular weight excluding hydrogens is 148 g/mol. The summed E-state index contributed by atoms with van der Waals surface area (Å²) in [4.78, 5) is 24.1. The Morgan fingerprint density at radius 3 is 2.73 bits per heavy atom. The third-order valence-electron chi connectivity index (χ3n) is 1.37. The monoisotopic (exact) mass is 156 g/mol. The molecule has 1 heterocycles. The van der Waals surface area contributed by atoms with Gasteiger partial charge < -0.3 is 9.72 Å². The fourth-order valence-corrected chi connectivity index (χ4v) is 0.690. The van der Waals surface area contributed by atoms with Gasteiger partial charge >= 0.3 is 5.69 Å². The second-order valence-electron chi connectivity index (χ2n) is 2.03. The van der Waals surface area contributed by atoms with E-state index in [9.17, 15) is 9.59 Å². The highest BCUT2D eigenvalue weighted by atomic mass is 16.5. The normalized spacial score (nSPS) is 9.64. The smallest absolute Gasteiger partial charge is 0.328 e. The van der Waals surface area contributed by atoms with Crippen LogP contribution in [0.5, 0.6) is 5.75 Å². The summed E-state index contributed by atoms with van der Waals surface area (Å²) in [6, 6.07) is 0. The number of methoxy groups -OCH3 is 1. The molecular formula is C6H8N2O3. The quantitative estimate of drug-likeness (QED) is 0.572. The van der Waals surface area contributed by atoms with Crippen molar-refractivity contribution < 1.29 is 4.74 Å². The SMILES string of the molecule is COc1c[nH]c(=O)n(C)c1=O. The van der Waals surface area contributed by atoms with Crippen molar-refractivity contribution in [2.24, 2.45) is 7.05 Å². The second-order valence-corrected chi connectivity index (χ2v) is 2.03. The lowest BCUT2D eigenvalue weighted by atomic mass is 10.6. The first-order valence-corrected chi connectivity index (χ1v) is 2.99. The first-order valence-electron chi connectivity index (χ1n) is 2.99. The maximum absolute atomic E-state index is 11.0. The maximum Gasteiger partial charge on any atom is 0.328 e. The summed E-state index contributed by atoms with van der Waals surface area (Å²) in [6.07, 6.45) is 1.24. The number of aromatic amines is 1. The lowest BCUT2D eigenvalue weighted by Gasteiger charge is -1.98. The van der Waals surface area contributed by atoms with E-state index in [0.717, 1.165) is 4.57 Å². The molecule has 0 aliphatic heterocycles. The van der Waals surface area contributed by atoms with Gasteiger partial charge in [-0.1, -0.05) is 0 Å². The molecule has 1 rings (SSSR count). The lowest BCUT2D eigenvalue weighted by Crippen LogP contribution is -2.32. The molecule has 60 valence electrons. The molecule has 0 amide bonds. The van der Waals surface area contributed by atoms with Crippen LogP contribution in [0.2, 0.25) is 0 Å². The molecule has 0 aliphatic carbocycles. The average molecular weight is 156 g/mol. The van der Waals surface area contributed by atoms with Crippen LogP contribution in [0.15, 0.2) is 15.8 Å². The molecule has 1 aromatic heterocycles. The standard InChI is InChI=1S/C6H8N2O3/c1-8-5(9)4(11-2)3-7-6(8)10/h3H,1-2H3,(H,7,10). The largest absolute Gasteiger partial charge is 0.490 e. The lowest BCUT2D eigenvalue weighted by molar-refractivity contribution is 0.400. The van der Waals surface area contributed by atoms with Crippen molar-refractivity contribution in [3.63, 3.8) is 0 Å². The van der Waals surface area contributed by atoms with E-state index in [1.54, 1.807) is 0 Å². The first-order chi connectivity index (χ1) is 5.16. The molecule has 0 bridgehead atoms. The van der Waals surface area contributed by atoms with Gasteiger partial charge in [0, 0.05) is 7.05 Å². The van der Waals surface area contributed by atoms with Crippen LogP contribution < -0.4 is 16.0 Å². The molecule has 0 aliphatic rings. The second kappa shape index (κ2) is 2.61. The van der Waals surface area contributed by atoms with Crippen molar-refractivity contribution in [1.29, 1.82) is 0 Å². The zero-order valence-electron chi connectivity index (χ0n) is 6.25. The Morgan fingerprint density at radius 1 is 1.55 bits per heavy atom. The van der Waals surface area contributed by atoms with Crippen LogP contribution in [0.3, 0.4) is 0 Å². The summed E-state index contributed by atoms with van der Waals surface area (Å²) < 4.78 is 5.62. The molecule has 0 saturated heterocycles. The average Bonchev–Trinajstić information content (AvgIpc) is 2.01. The highest BCUT2D eigenvalue weighted by Crippen LogP contribution is 1.92. The molecule has 0 fully saturated rings. The van der Waals surface area contributed by atoms with E-state index in [0.29, 0.717) is 0 Å². The van der Waals surface area contributed by atoms with Crippen LogP contribution in [-0.4, -0.2) is 16.7 Å². The molecule has 0 unspecified atom stereocenters. The van der Waals surface area contributed by atoms with Crippen molar-refractivity contribution in [2.45, 2.75) is 0 Å². The number of nitrogens with zero attached hydrogens (tertiary/aromatic N) is 1. The van der Waals surface area contributed by atoms with Crippen molar-refractivity contribution >= 4 is 0 Å².